The quantitative estimate of drug-likeness (QED) is 0.869. The fraction of sp³-hybridized carbons (Fsp3) is 0.571. The van der Waals surface area contributed by atoms with Gasteiger partial charge in [0.2, 0.25) is 5.91 Å². The molecule has 2 atom stereocenters. The zero-order valence-corrected chi connectivity index (χ0v) is 11.1. The summed E-state index contributed by atoms with van der Waals surface area (Å²) in [5.41, 5.74) is 0. The fourth-order valence-electron chi connectivity index (χ4n) is 2.44. The molecule has 5 heteroatoms. The lowest BCUT2D eigenvalue weighted by Gasteiger charge is -2.29. The largest absolute Gasteiger partial charge is 0.459 e. The first-order chi connectivity index (χ1) is 9.16. The monoisotopic (exact) mass is 264 g/mol. The number of furan rings is 1. The zero-order valence-electron chi connectivity index (χ0n) is 11.1. The number of amides is 2. The van der Waals surface area contributed by atoms with E-state index in [1.165, 1.54) is 12.7 Å². The molecule has 0 aliphatic heterocycles. The molecular formula is C14H20N2O3. The molecule has 1 aliphatic rings. The molecule has 1 aromatic heterocycles. The highest BCUT2D eigenvalue weighted by Gasteiger charge is 2.22. The van der Waals surface area contributed by atoms with Crippen molar-refractivity contribution < 1.29 is 14.0 Å². The van der Waals surface area contributed by atoms with Crippen molar-refractivity contribution in [2.45, 2.75) is 38.6 Å². The molecule has 1 aromatic rings. The van der Waals surface area contributed by atoms with Crippen molar-refractivity contribution >= 4 is 11.8 Å². The van der Waals surface area contributed by atoms with Crippen molar-refractivity contribution in [3.8, 4) is 0 Å². The van der Waals surface area contributed by atoms with Crippen molar-refractivity contribution in [1.82, 2.24) is 10.6 Å². The molecule has 5 nitrogen and oxygen atoms in total. The Morgan fingerprint density at radius 3 is 2.84 bits per heavy atom. The van der Waals surface area contributed by atoms with Crippen LogP contribution in [0.15, 0.2) is 22.8 Å². The van der Waals surface area contributed by atoms with Gasteiger partial charge in [-0.05, 0) is 30.9 Å². The van der Waals surface area contributed by atoms with Crippen LogP contribution in [0.5, 0.6) is 0 Å². The van der Waals surface area contributed by atoms with Crippen LogP contribution in [0.25, 0.3) is 0 Å². The summed E-state index contributed by atoms with van der Waals surface area (Å²) < 4.78 is 4.95. The zero-order chi connectivity index (χ0) is 13.7. The van der Waals surface area contributed by atoms with E-state index in [1.807, 2.05) is 0 Å². The van der Waals surface area contributed by atoms with Crippen LogP contribution in [0.3, 0.4) is 0 Å². The Bertz CT molecular complexity index is 428. The highest BCUT2D eigenvalue weighted by Crippen LogP contribution is 2.23. The molecule has 1 heterocycles. The van der Waals surface area contributed by atoms with Crippen LogP contribution in [0.4, 0.5) is 0 Å². The van der Waals surface area contributed by atoms with Gasteiger partial charge < -0.3 is 15.1 Å². The van der Waals surface area contributed by atoms with Gasteiger partial charge in [0.05, 0.1) is 12.8 Å². The standard InChI is InChI=1S/C14H20N2O3/c1-10-5-2-3-6-11(10)16-13(17)9-15-14(18)12-7-4-8-19-12/h4,7-8,10-11H,2-3,5-6,9H2,1H3,(H,15,18)(H,16,17)/t10-,11+/m0/s1. The number of hydrogen-bond donors (Lipinski definition) is 2. The number of carbonyl (C=O) groups is 2. The second-order valence-electron chi connectivity index (χ2n) is 5.10. The Kier molecular flexibility index (Phi) is 4.60. The smallest absolute Gasteiger partial charge is 0.287 e. The van der Waals surface area contributed by atoms with Crippen LogP contribution in [-0.2, 0) is 4.79 Å². The first kappa shape index (κ1) is 13.6. The summed E-state index contributed by atoms with van der Waals surface area (Å²) in [5, 5.41) is 5.53. The predicted octanol–water partition coefficient (Wildman–Crippen LogP) is 1.70. The van der Waals surface area contributed by atoms with Gasteiger partial charge in [-0.2, -0.15) is 0 Å². The number of rotatable bonds is 4. The minimum absolute atomic E-state index is 0.0112. The van der Waals surface area contributed by atoms with E-state index in [-0.39, 0.29) is 30.2 Å². The SMILES string of the molecule is C[C@H]1CCCC[C@H]1NC(=O)CNC(=O)c1ccco1. The topological polar surface area (TPSA) is 71.3 Å². The highest BCUT2D eigenvalue weighted by molar-refractivity contribution is 5.94. The lowest BCUT2D eigenvalue weighted by Crippen LogP contribution is -2.45. The summed E-state index contributed by atoms with van der Waals surface area (Å²) in [4.78, 5) is 23.4. The lowest BCUT2D eigenvalue weighted by molar-refractivity contribution is -0.121. The summed E-state index contributed by atoms with van der Waals surface area (Å²) in [6.45, 7) is 2.15. The third-order valence-electron chi connectivity index (χ3n) is 3.61. The van der Waals surface area contributed by atoms with Gasteiger partial charge in [-0.25, -0.2) is 0 Å². The molecule has 1 fully saturated rings. The molecule has 0 radical (unpaired) electrons. The van der Waals surface area contributed by atoms with Gasteiger partial charge in [0.15, 0.2) is 5.76 Å². The number of hydrogen-bond acceptors (Lipinski definition) is 3. The Balaban J connectivity index is 1.74. The first-order valence-electron chi connectivity index (χ1n) is 6.78. The van der Waals surface area contributed by atoms with Crippen molar-refractivity contribution in [2.24, 2.45) is 5.92 Å². The van der Waals surface area contributed by atoms with Crippen molar-refractivity contribution in [3.63, 3.8) is 0 Å². The fourth-order valence-corrected chi connectivity index (χ4v) is 2.44. The highest BCUT2D eigenvalue weighted by atomic mass is 16.3. The maximum absolute atomic E-state index is 11.8. The second-order valence-corrected chi connectivity index (χ2v) is 5.10. The number of carbonyl (C=O) groups excluding carboxylic acids is 2. The molecule has 0 aromatic carbocycles. The molecule has 2 amide bonds. The van der Waals surface area contributed by atoms with Gasteiger partial charge in [-0.3, -0.25) is 9.59 Å². The van der Waals surface area contributed by atoms with E-state index >= 15 is 0 Å². The van der Waals surface area contributed by atoms with Crippen LogP contribution in [-0.4, -0.2) is 24.4 Å². The number of nitrogens with one attached hydrogen (secondary N) is 2. The Morgan fingerprint density at radius 1 is 1.37 bits per heavy atom. The minimum atomic E-state index is -0.364. The van der Waals surface area contributed by atoms with E-state index in [4.69, 9.17) is 4.42 Å². The molecule has 0 unspecified atom stereocenters. The average molecular weight is 264 g/mol. The van der Waals surface area contributed by atoms with E-state index < -0.39 is 0 Å². The van der Waals surface area contributed by atoms with Crippen molar-refractivity contribution in [2.75, 3.05) is 6.54 Å². The van der Waals surface area contributed by atoms with E-state index in [0.29, 0.717) is 5.92 Å². The molecule has 1 saturated carbocycles. The molecule has 0 saturated heterocycles. The van der Waals surface area contributed by atoms with E-state index in [9.17, 15) is 9.59 Å². The van der Waals surface area contributed by atoms with Gasteiger partial charge in [0, 0.05) is 6.04 Å². The third kappa shape index (κ3) is 3.84. The lowest BCUT2D eigenvalue weighted by atomic mass is 9.86. The van der Waals surface area contributed by atoms with Crippen LogP contribution in [0.2, 0.25) is 0 Å². The Labute approximate surface area is 112 Å². The summed E-state index contributed by atoms with van der Waals surface area (Å²) in [6, 6.07) is 3.44. The summed E-state index contributed by atoms with van der Waals surface area (Å²) >= 11 is 0. The molecule has 0 spiro atoms. The van der Waals surface area contributed by atoms with E-state index in [0.717, 1.165) is 19.3 Å². The van der Waals surface area contributed by atoms with Gasteiger partial charge in [-0.1, -0.05) is 19.8 Å². The molecule has 2 rings (SSSR count). The van der Waals surface area contributed by atoms with Crippen LogP contribution >= 0.6 is 0 Å². The van der Waals surface area contributed by atoms with Crippen LogP contribution in [0, 0.1) is 5.92 Å². The summed E-state index contributed by atoms with van der Waals surface area (Å²) in [5.74, 6) is 0.229. The second kappa shape index (κ2) is 6.41. The molecule has 104 valence electrons. The summed E-state index contributed by atoms with van der Waals surface area (Å²) in [7, 11) is 0. The molecule has 1 aliphatic carbocycles. The normalized spacial score (nSPS) is 22.8. The maximum Gasteiger partial charge on any atom is 0.287 e. The van der Waals surface area contributed by atoms with Crippen molar-refractivity contribution in [3.05, 3.63) is 24.2 Å². The van der Waals surface area contributed by atoms with Crippen molar-refractivity contribution in [1.29, 1.82) is 0 Å². The molecular weight excluding hydrogens is 244 g/mol. The third-order valence-corrected chi connectivity index (χ3v) is 3.61. The van der Waals surface area contributed by atoms with Crippen LogP contribution in [0.1, 0.15) is 43.2 Å². The molecule has 0 bridgehead atoms. The first-order valence-corrected chi connectivity index (χ1v) is 6.78. The van der Waals surface area contributed by atoms with Gasteiger partial charge in [0.25, 0.3) is 5.91 Å². The van der Waals surface area contributed by atoms with Gasteiger partial charge >= 0.3 is 0 Å². The predicted molar refractivity (Wildman–Crippen MR) is 70.6 cm³/mol. The van der Waals surface area contributed by atoms with E-state index in [2.05, 4.69) is 17.6 Å². The Morgan fingerprint density at radius 2 is 2.16 bits per heavy atom. The van der Waals surface area contributed by atoms with Gasteiger partial charge in [-0.15, -0.1) is 0 Å². The minimum Gasteiger partial charge on any atom is -0.459 e. The van der Waals surface area contributed by atoms with Gasteiger partial charge in [0.1, 0.15) is 0 Å². The Hall–Kier alpha value is -1.78. The maximum atomic E-state index is 11.8. The van der Waals surface area contributed by atoms with E-state index in [1.54, 1.807) is 12.1 Å². The van der Waals surface area contributed by atoms with Crippen LogP contribution < -0.4 is 10.6 Å². The molecule has 2 N–H and O–H groups in total. The average Bonchev–Trinajstić information content (AvgIpc) is 2.93. The molecule has 19 heavy (non-hydrogen) atoms. The summed E-state index contributed by atoms with van der Waals surface area (Å²) in [6.07, 6.45) is 6.01.